The van der Waals surface area contributed by atoms with Gasteiger partial charge in [-0.25, -0.2) is 4.79 Å². The van der Waals surface area contributed by atoms with E-state index in [1.54, 1.807) is 6.07 Å². The van der Waals surface area contributed by atoms with Crippen molar-refractivity contribution in [3.8, 4) is 6.07 Å². The fourth-order valence-electron chi connectivity index (χ4n) is 2.71. The summed E-state index contributed by atoms with van der Waals surface area (Å²) in [6.07, 6.45) is 0.533. The fourth-order valence-corrected chi connectivity index (χ4v) is 2.71. The lowest BCUT2D eigenvalue weighted by atomic mass is 9.94. The van der Waals surface area contributed by atoms with Crippen molar-refractivity contribution in [2.45, 2.75) is 6.42 Å². The van der Waals surface area contributed by atoms with Gasteiger partial charge in [0.1, 0.15) is 6.07 Å². The average molecular weight is 287 g/mol. The van der Waals surface area contributed by atoms with E-state index in [9.17, 15) is 15.2 Å². The van der Waals surface area contributed by atoms with Crippen LogP contribution in [0.25, 0.3) is 10.8 Å². The Morgan fingerprint density at radius 1 is 0.955 bits per heavy atom. The minimum atomic E-state index is -1.07. The van der Waals surface area contributed by atoms with Crippen LogP contribution < -0.4 is 0 Å². The maximum absolute atomic E-state index is 11.2. The number of fused-ring (bicyclic) bond motifs is 1. The Bertz CT molecular complexity index is 901. The molecule has 1 N–H and O–H groups in total. The van der Waals surface area contributed by atoms with Crippen LogP contribution in [0.4, 0.5) is 0 Å². The van der Waals surface area contributed by atoms with Gasteiger partial charge >= 0.3 is 5.97 Å². The first-order chi connectivity index (χ1) is 10.7. The van der Waals surface area contributed by atoms with Crippen molar-refractivity contribution in [3.63, 3.8) is 0 Å². The largest absolute Gasteiger partial charge is 0.478 e. The van der Waals surface area contributed by atoms with Crippen molar-refractivity contribution < 1.29 is 9.90 Å². The molecule has 0 unspecified atom stereocenters. The summed E-state index contributed by atoms with van der Waals surface area (Å²) in [5, 5.41) is 20.8. The van der Waals surface area contributed by atoms with Crippen molar-refractivity contribution in [1.82, 2.24) is 0 Å². The molecule has 0 aliphatic heterocycles. The van der Waals surface area contributed by atoms with Crippen molar-refractivity contribution in [2.75, 3.05) is 0 Å². The van der Waals surface area contributed by atoms with E-state index in [1.807, 2.05) is 54.6 Å². The number of benzene rings is 3. The second-order valence-corrected chi connectivity index (χ2v) is 5.07. The quantitative estimate of drug-likeness (QED) is 0.792. The monoisotopic (exact) mass is 287 g/mol. The third-order valence-corrected chi connectivity index (χ3v) is 3.75. The minimum absolute atomic E-state index is 0.0558. The van der Waals surface area contributed by atoms with Crippen LogP contribution in [0.15, 0.2) is 60.7 Å². The number of carboxylic acids is 1. The van der Waals surface area contributed by atoms with E-state index in [2.05, 4.69) is 0 Å². The van der Waals surface area contributed by atoms with Gasteiger partial charge in [0, 0.05) is 0 Å². The Balaban J connectivity index is 2.12. The third-order valence-electron chi connectivity index (χ3n) is 3.75. The van der Waals surface area contributed by atoms with E-state index >= 15 is 0 Å². The first-order valence-electron chi connectivity index (χ1n) is 6.92. The number of hydrogen-bond acceptors (Lipinski definition) is 2. The van der Waals surface area contributed by atoms with Crippen molar-refractivity contribution in [3.05, 3.63) is 82.9 Å². The minimum Gasteiger partial charge on any atom is -0.478 e. The Hall–Kier alpha value is -3.12. The lowest BCUT2D eigenvalue weighted by Gasteiger charge is -2.09. The molecule has 0 saturated heterocycles. The Kier molecular flexibility index (Phi) is 3.59. The van der Waals surface area contributed by atoms with E-state index in [4.69, 9.17) is 0 Å². The maximum Gasteiger partial charge on any atom is 0.337 e. The summed E-state index contributed by atoms with van der Waals surface area (Å²) < 4.78 is 0. The van der Waals surface area contributed by atoms with Crippen LogP contribution in [0.5, 0.6) is 0 Å². The predicted molar refractivity (Wildman–Crippen MR) is 84.9 cm³/mol. The molecule has 0 aliphatic rings. The molecule has 22 heavy (non-hydrogen) atoms. The van der Waals surface area contributed by atoms with E-state index in [0.29, 0.717) is 6.42 Å². The normalized spacial score (nSPS) is 10.3. The predicted octanol–water partition coefficient (Wildman–Crippen LogP) is 4.00. The first kappa shape index (κ1) is 13.8. The van der Waals surface area contributed by atoms with Crippen LogP contribution in [0.3, 0.4) is 0 Å². The number of nitriles is 1. The fraction of sp³-hybridized carbons (Fsp3) is 0.0526. The average Bonchev–Trinajstić information content (AvgIpc) is 2.55. The van der Waals surface area contributed by atoms with Gasteiger partial charge in [0.25, 0.3) is 0 Å². The van der Waals surface area contributed by atoms with Gasteiger partial charge in [-0.3, -0.25) is 0 Å². The maximum atomic E-state index is 11.2. The summed E-state index contributed by atoms with van der Waals surface area (Å²) in [4.78, 5) is 11.2. The van der Waals surface area contributed by atoms with Crippen LogP contribution >= 0.6 is 0 Å². The van der Waals surface area contributed by atoms with Crippen LogP contribution in [0.2, 0.25) is 0 Å². The molecule has 0 fully saturated rings. The number of rotatable bonds is 3. The molecule has 106 valence electrons. The summed E-state index contributed by atoms with van der Waals surface area (Å²) in [5.74, 6) is -1.07. The molecule has 0 amide bonds. The van der Waals surface area contributed by atoms with Crippen LogP contribution in [0, 0.1) is 11.3 Å². The first-order valence-corrected chi connectivity index (χ1v) is 6.92. The zero-order chi connectivity index (χ0) is 15.5. The summed E-state index contributed by atoms with van der Waals surface area (Å²) in [7, 11) is 0. The van der Waals surface area contributed by atoms with Gasteiger partial charge in [-0.15, -0.1) is 0 Å². The topological polar surface area (TPSA) is 61.1 Å². The van der Waals surface area contributed by atoms with Crippen molar-refractivity contribution >= 4 is 16.7 Å². The van der Waals surface area contributed by atoms with Gasteiger partial charge in [0.05, 0.1) is 11.1 Å². The molecule has 3 nitrogen and oxygen atoms in total. The zero-order valence-corrected chi connectivity index (χ0v) is 11.8. The molecule has 3 aromatic carbocycles. The summed E-state index contributed by atoms with van der Waals surface area (Å²) in [6.45, 7) is 0. The highest BCUT2D eigenvalue weighted by atomic mass is 16.4. The molecule has 3 rings (SSSR count). The van der Waals surface area contributed by atoms with Crippen molar-refractivity contribution in [1.29, 1.82) is 5.26 Å². The molecular formula is C19H13NO2. The molecule has 3 aromatic rings. The number of nitrogens with zero attached hydrogens (tertiary/aromatic N) is 1. The van der Waals surface area contributed by atoms with Crippen LogP contribution in [0.1, 0.15) is 27.0 Å². The van der Waals surface area contributed by atoms with Crippen molar-refractivity contribution in [2.24, 2.45) is 0 Å². The molecule has 3 heteroatoms. The molecular weight excluding hydrogens is 274 g/mol. The van der Waals surface area contributed by atoms with E-state index in [0.717, 1.165) is 21.9 Å². The molecule has 0 atom stereocenters. The van der Waals surface area contributed by atoms with Gasteiger partial charge in [0.15, 0.2) is 0 Å². The van der Waals surface area contributed by atoms with Gasteiger partial charge in [-0.1, -0.05) is 54.6 Å². The Morgan fingerprint density at radius 2 is 1.64 bits per heavy atom. The van der Waals surface area contributed by atoms with Gasteiger partial charge < -0.3 is 5.11 Å². The molecule has 0 bridgehead atoms. The third kappa shape index (κ3) is 2.43. The summed E-state index contributed by atoms with van der Waals surface area (Å²) in [6, 6.07) is 21.1. The number of aromatic carboxylic acids is 1. The highest BCUT2D eigenvalue weighted by Gasteiger charge is 2.14. The Labute approximate surface area is 128 Å². The highest BCUT2D eigenvalue weighted by molar-refractivity contribution is 5.91. The lowest BCUT2D eigenvalue weighted by Crippen LogP contribution is -2.04. The van der Waals surface area contributed by atoms with Gasteiger partial charge in [-0.05, 0) is 34.4 Å². The standard InChI is InChI=1S/C19H13NO2/c20-12-18-15(8-4-10-17(18)19(21)22)11-14-7-3-6-13-5-1-2-9-16(13)14/h1-10H,11H2,(H,21,22). The molecule has 0 aliphatic carbocycles. The molecule has 0 aromatic heterocycles. The zero-order valence-electron chi connectivity index (χ0n) is 11.8. The van der Waals surface area contributed by atoms with E-state index in [-0.39, 0.29) is 11.1 Å². The lowest BCUT2D eigenvalue weighted by molar-refractivity contribution is 0.0696. The van der Waals surface area contributed by atoms with Gasteiger partial charge in [-0.2, -0.15) is 5.26 Å². The van der Waals surface area contributed by atoms with Crippen LogP contribution in [-0.4, -0.2) is 11.1 Å². The second-order valence-electron chi connectivity index (χ2n) is 5.07. The molecule has 0 saturated carbocycles. The highest BCUT2D eigenvalue weighted by Crippen LogP contribution is 2.24. The number of carbonyl (C=O) groups is 1. The smallest absolute Gasteiger partial charge is 0.337 e. The van der Waals surface area contributed by atoms with E-state index in [1.165, 1.54) is 6.07 Å². The summed E-state index contributed by atoms with van der Waals surface area (Å²) >= 11 is 0. The molecule has 0 radical (unpaired) electrons. The number of hydrogen-bond donors (Lipinski definition) is 1. The summed E-state index contributed by atoms with van der Waals surface area (Å²) in [5.41, 5.74) is 2.11. The van der Waals surface area contributed by atoms with Crippen LogP contribution in [-0.2, 0) is 6.42 Å². The molecule has 0 spiro atoms. The molecule has 0 heterocycles. The van der Waals surface area contributed by atoms with E-state index < -0.39 is 5.97 Å². The number of carboxylic acid groups (broad SMARTS) is 1. The second kappa shape index (κ2) is 5.71. The Morgan fingerprint density at radius 3 is 2.41 bits per heavy atom. The SMILES string of the molecule is N#Cc1c(Cc2cccc3ccccc23)cccc1C(=O)O. The van der Waals surface area contributed by atoms with Gasteiger partial charge in [0.2, 0.25) is 0 Å².